The Balaban J connectivity index is 2.84. The molecule has 0 bridgehead atoms. The summed E-state index contributed by atoms with van der Waals surface area (Å²) < 4.78 is 10.3. The minimum atomic E-state index is -0.649. The van der Waals surface area contributed by atoms with Crippen LogP contribution in [0.1, 0.15) is 20.3 Å². The Morgan fingerprint density at radius 3 is 2.22 bits per heavy atom. The van der Waals surface area contributed by atoms with Crippen LogP contribution >= 0.6 is 23.2 Å². The summed E-state index contributed by atoms with van der Waals surface area (Å²) in [5.41, 5.74) is 0. The molecule has 0 heterocycles. The highest BCUT2D eigenvalue weighted by atomic mass is 35.5. The van der Waals surface area contributed by atoms with Crippen molar-refractivity contribution in [2.24, 2.45) is 5.92 Å². The van der Waals surface area contributed by atoms with E-state index in [0.717, 1.165) is 0 Å². The van der Waals surface area contributed by atoms with E-state index in [9.17, 15) is 4.79 Å². The van der Waals surface area contributed by atoms with Gasteiger partial charge in [0.25, 0.3) is 0 Å². The Labute approximate surface area is 117 Å². The molecule has 0 spiro atoms. The molecule has 100 valence electrons. The predicted octanol–water partition coefficient (Wildman–Crippen LogP) is 3.96. The molecule has 1 atom stereocenters. The molecule has 1 rings (SSSR count). The van der Waals surface area contributed by atoms with Gasteiger partial charge in [0.2, 0.25) is 0 Å². The molecule has 5 heteroatoms. The minimum Gasteiger partial charge on any atom is -0.479 e. The van der Waals surface area contributed by atoms with Crippen molar-refractivity contribution < 1.29 is 14.3 Å². The van der Waals surface area contributed by atoms with Gasteiger partial charge in [-0.25, -0.2) is 4.79 Å². The number of hydrogen-bond acceptors (Lipinski definition) is 3. The molecule has 0 fully saturated rings. The molecule has 18 heavy (non-hydrogen) atoms. The van der Waals surface area contributed by atoms with Gasteiger partial charge in [-0.3, -0.25) is 0 Å². The average Bonchev–Trinajstić information content (AvgIpc) is 2.25. The molecule has 0 aromatic heterocycles. The van der Waals surface area contributed by atoms with Crippen molar-refractivity contribution in [2.75, 3.05) is 7.11 Å². The zero-order chi connectivity index (χ0) is 13.7. The molecule has 0 unspecified atom stereocenters. The first-order valence-electron chi connectivity index (χ1n) is 5.63. The van der Waals surface area contributed by atoms with E-state index >= 15 is 0 Å². The predicted molar refractivity (Wildman–Crippen MR) is 72.3 cm³/mol. The summed E-state index contributed by atoms with van der Waals surface area (Å²) in [5.74, 6) is 0.368. The molecule has 0 aliphatic heterocycles. The number of carbonyl (C=O) groups is 1. The molecular weight excluding hydrogens is 275 g/mol. The van der Waals surface area contributed by atoms with Crippen molar-refractivity contribution in [3.63, 3.8) is 0 Å². The second kappa shape index (κ2) is 6.86. The van der Waals surface area contributed by atoms with E-state index in [4.69, 9.17) is 32.7 Å². The van der Waals surface area contributed by atoms with E-state index in [-0.39, 0.29) is 0 Å². The summed E-state index contributed by atoms with van der Waals surface area (Å²) in [6, 6.07) is 4.83. The fourth-order valence-corrected chi connectivity index (χ4v) is 2.02. The number of esters is 1. The highest BCUT2D eigenvalue weighted by Gasteiger charge is 2.22. The zero-order valence-electron chi connectivity index (χ0n) is 10.6. The van der Waals surface area contributed by atoms with Gasteiger partial charge in [0.1, 0.15) is 5.75 Å². The highest BCUT2D eigenvalue weighted by molar-refractivity contribution is 6.34. The maximum atomic E-state index is 11.6. The van der Waals surface area contributed by atoms with Crippen LogP contribution in [-0.2, 0) is 9.53 Å². The van der Waals surface area contributed by atoms with Crippen molar-refractivity contribution in [2.45, 2.75) is 26.4 Å². The van der Waals surface area contributed by atoms with E-state index in [1.165, 1.54) is 7.11 Å². The maximum absolute atomic E-state index is 11.6. The third-order valence-corrected chi connectivity index (χ3v) is 2.70. The molecule has 0 aliphatic carbocycles. The topological polar surface area (TPSA) is 35.5 Å². The Bertz CT molecular complexity index is 398. The van der Waals surface area contributed by atoms with E-state index in [1.54, 1.807) is 18.2 Å². The van der Waals surface area contributed by atoms with Crippen LogP contribution in [0.3, 0.4) is 0 Å². The van der Waals surface area contributed by atoms with Crippen LogP contribution in [0.4, 0.5) is 0 Å². The molecule has 0 amide bonds. The van der Waals surface area contributed by atoms with E-state index in [2.05, 4.69) is 0 Å². The molecule has 1 aromatic carbocycles. The van der Waals surface area contributed by atoms with Gasteiger partial charge in [-0.1, -0.05) is 37.0 Å². The molecule has 0 N–H and O–H groups in total. The fraction of sp³-hybridized carbons (Fsp3) is 0.462. The molecular formula is C13H16Cl2O3. The first kappa shape index (κ1) is 15.1. The van der Waals surface area contributed by atoms with Crippen molar-refractivity contribution >= 4 is 29.2 Å². The number of hydrogen-bond donors (Lipinski definition) is 0. The van der Waals surface area contributed by atoms with E-state index < -0.39 is 12.1 Å². The summed E-state index contributed by atoms with van der Waals surface area (Å²) in [6.07, 6.45) is -0.0823. The lowest BCUT2D eigenvalue weighted by Crippen LogP contribution is -2.30. The lowest BCUT2D eigenvalue weighted by molar-refractivity contribution is -0.149. The van der Waals surface area contributed by atoms with Gasteiger partial charge in [-0.05, 0) is 30.5 Å². The summed E-state index contributed by atoms with van der Waals surface area (Å²) >= 11 is 11.7. The molecule has 0 aliphatic rings. The standard InChI is InChI=1S/C13H16Cl2O3/c1-8(2)4-12(13(16)17-3)18-11-6-9(14)5-10(15)7-11/h5-8,12H,4H2,1-3H3/t12-/m0/s1. The Hall–Kier alpha value is -0.930. The van der Waals surface area contributed by atoms with Crippen molar-refractivity contribution in [3.05, 3.63) is 28.2 Å². The fourth-order valence-electron chi connectivity index (χ4n) is 1.51. The van der Waals surface area contributed by atoms with Crippen molar-refractivity contribution in [3.8, 4) is 5.75 Å². The van der Waals surface area contributed by atoms with E-state index in [1.807, 2.05) is 13.8 Å². The number of carbonyl (C=O) groups excluding carboxylic acids is 1. The molecule has 3 nitrogen and oxygen atoms in total. The summed E-state index contributed by atoms with van der Waals surface area (Å²) in [6.45, 7) is 4.01. The van der Waals surface area contributed by atoms with Crippen molar-refractivity contribution in [1.82, 2.24) is 0 Å². The Kier molecular flexibility index (Phi) is 5.76. The van der Waals surface area contributed by atoms with Crippen LogP contribution in [0, 0.1) is 5.92 Å². The lowest BCUT2D eigenvalue weighted by atomic mass is 10.1. The summed E-state index contributed by atoms with van der Waals surface area (Å²) in [4.78, 5) is 11.6. The van der Waals surface area contributed by atoms with Crippen LogP contribution in [0.2, 0.25) is 10.0 Å². The van der Waals surface area contributed by atoms with Gasteiger partial charge in [-0.2, -0.15) is 0 Å². The second-order valence-electron chi connectivity index (χ2n) is 4.36. The van der Waals surface area contributed by atoms with Crippen LogP contribution in [0.5, 0.6) is 5.75 Å². The monoisotopic (exact) mass is 290 g/mol. The summed E-state index contributed by atoms with van der Waals surface area (Å²) in [5, 5.41) is 0.927. The molecule has 0 radical (unpaired) electrons. The number of rotatable bonds is 5. The minimum absolute atomic E-state index is 0.309. The average molecular weight is 291 g/mol. The largest absolute Gasteiger partial charge is 0.479 e. The second-order valence-corrected chi connectivity index (χ2v) is 5.24. The normalized spacial score (nSPS) is 12.3. The van der Waals surface area contributed by atoms with Crippen LogP contribution in [0.15, 0.2) is 18.2 Å². The first-order valence-corrected chi connectivity index (χ1v) is 6.38. The maximum Gasteiger partial charge on any atom is 0.347 e. The van der Waals surface area contributed by atoms with Gasteiger partial charge in [-0.15, -0.1) is 0 Å². The number of methoxy groups -OCH3 is 1. The van der Waals surface area contributed by atoms with Crippen LogP contribution in [-0.4, -0.2) is 19.2 Å². The van der Waals surface area contributed by atoms with Crippen molar-refractivity contribution in [1.29, 1.82) is 0 Å². The SMILES string of the molecule is COC(=O)[C@H](CC(C)C)Oc1cc(Cl)cc(Cl)c1. The summed E-state index contributed by atoms with van der Waals surface area (Å²) in [7, 11) is 1.34. The highest BCUT2D eigenvalue weighted by Crippen LogP contribution is 2.26. The first-order chi connectivity index (χ1) is 8.42. The lowest BCUT2D eigenvalue weighted by Gasteiger charge is -2.18. The van der Waals surface area contributed by atoms with Gasteiger partial charge < -0.3 is 9.47 Å². The molecule has 1 aromatic rings. The van der Waals surface area contributed by atoms with Gasteiger partial charge in [0.15, 0.2) is 6.10 Å². The number of benzene rings is 1. The smallest absolute Gasteiger partial charge is 0.347 e. The molecule has 0 saturated heterocycles. The molecule has 0 saturated carbocycles. The Morgan fingerprint density at radius 1 is 1.22 bits per heavy atom. The van der Waals surface area contributed by atoms with Crippen LogP contribution < -0.4 is 4.74 Å². The van der Waals surface area contributed by atoms with Gasteiger partial charge in [0, 0.05) is 10.0 Å². The zero-order valence-corrected chi connectivity index (χ0v) is 12.1. The van der Waals surface area contributed by atoms with Crippen LogP contribution in [0.25, 0.3) is 0 Å². The number of halogens is 2. The number of ether oxygens (including phenoxy) is 2. The van der Waals surface area contributed by atoms with E-state index in [0.29, 0.717) is 28.1 Å². The third-order valence-electron chi connectivity index (χ3n) is 2.26. The van der Waals surface area contributed by atoms with Gasteiger partial charge >= 0.3 is 5.97 Å². The van der Waals surface area contributed by atoms with Gasteiger partial charge in [0.05, 0.1) is 7.11 Å². The Morgan fingerprint density at radius 2 is 1.78 bits per heavy atom. The third kappa shape index (κ3) is 4.75. The quantitative estimate of drug-likeness (QED) is 0.770.